The molecule has 1 aliphatic heterocycles. The number of halogens is 1. The van der Waals surface area contributed by atoms with Crippen LogP contribution in [0.4, 0.5) is 4.39 Å². The largest absolute Gasteiger partial charge is 0.367 e. The monoisotopic (exact) mass is 280 g/mol. The lowest BCUT2D eigenvalue weighted by Gasteiger charge is -2.42. The Morgan fingerprint density at radius 2 is 2.25 bits per heavy atom. The Kier molecular flexibility index (Phi) is 4.11. The number of rotatable bonds is 2. The molecule has 1 unspecified atom stereocenters. The highest BCUT2D eigenvalue weighted by atomic mass is 19.1. The van der Waals surface area contributed by atoms with Crippen LogP contribution in [-0.4, -0.2) is 42.1 Å². The Balaban J connectivity index is 2.26. The number of amides is 1. The molecule has 2 N–H and O–H groups in total. The highest BCUT2D eigenvalue weighted by Crippen LogP contribution is 2.23. The molecule has 0 radical (unpaired) electrons. The van der Waals surface area contributed by atoms with Gasteiger partial charge >= 0.3 is 0 Å². The Hall–Kier alpha value is -1.46. The number of benzene rings is 1. The minimum atomic E-state index is -0.474. The van der Waals surface area contributed by atoms with Crippen molar-refractivity contribution in [3.63, 3.8) is 0 Å². The van der Waals surface area contributed by atoms with Crippen LogP contribution in [0.25, 0.3) is 0 Å². The molecule has 5 heteroatoms. The molecule has 20 heavy (non-hydrogen) atoms. The van der Waals surface area contributed by atoms with Gasteiger partial charge in [0.2, 0.25) is 0 Å². The van der Waals surface area contributed by atoms with Crippen molar-refractivity contribution in [1.29, 1.82) is 0 Å². The molecule has 0 spiro atoms. The Morgan fingerprint density at radius 3 is 2.90 bits per heavy atom. The van der Waals surface area contributed by atoms with Crippen LogP contribution in [0.2, 0.25) is 0 Å². The summed E-state index contributed by atoms with van der Waals surface area (Å²) in [6, 6.07) is 4.86. The number of hydrogen-bond donors (Lipinski definition) is 1. The summed E-state index contributed by atoms with van der Waals surface area (Å²) >= 11 is 0. The van der Waals surface area contributed by atoms with Gasteiger partial charge in [-0.2, -0.15) is 0 Å². The van der Waals surface area contributed by atoms with Crippen LogP contribution < -0.4 is 5.73 Å². The van der Waals surface area contributed by atoms with E-state index in [1.54, 1.807) is 24.0 Å². The van der Waals surface area contributed by atoms with Crippen LogP contribution in [0.15, 0.2) is 18.2 Å². The molecule has 1 aromatic carbocycles. The number of nitrogens with two attached hydrogens (primary N) is 1. The van der Waals surface area contributed by atoms with Crippen molar-refractivity contribution in [1.82, 2.24) is 4.90 Å². The lowest BCUT2D eigenvalue weighted by atomic mass is 10.0. The third kappa shape index (κ3) is 2.99. The van der Waals surface area contributed by atoms with Gasteiger partial charge in [-0.15, -0.1) is 0 Å². The Bertz CT molecular complexity index is 517. The normalized spacial score (nSPS) is 21.9. The molecule has 1 saturated heterocycles. The first kappa shape index (κ1) is 14.9. The first-order valence-corrected chi connectivity index (χ1v) is 6.76. The molecule has 1 atom stereocenters. The fraction of sp³-hybridized carbons (Fsp3) is 0.533. The highest BCUT2D eigenvalue weighted by Gasteiger charge is 2.36. The minimum absolute atomic E-state index is 0.110. The van der Waals surface area contributed by atoms with Crippen LogP contribution in [0.5, 0.6) is 0 Å². The quantitative estimate of drug-likeness (QED) is 0.897. The SMILES string of the molecule is Cc1cccc(C(=O)N2CC(CN)OC(C)(C)C2)c1F. The van der Waals surface area contributed by atoms with Gasteiger partial charge in [0.1, 0.15) is 5.82 Å². The van der Waals surface area contributed by atoms with E-state index in [1.807, 2.05) is 13.8 Å². The second kappa shape index (κ2) is 5.50. The van der Waals surface area contributed by atoms with Gasteiger partial charge in [0.05, 0.1) is 17.3 Å². The van der Waals surface area contributed by atoms with E-state index in [1.165, 1.54) is 6.07 Å². The zero-order valence-electron chi connectivity index (χ0n) is 12.1. The van der Waals surface area contributed by atoms with Crippen molar-refractivity contribution in [2.75, 3.05) is 19.6 Å². The van der Waals surface area contributed by atoms with Gasteiger partial charge in [-0.3, -0.25) is 4.79 Å². The minimum Gasteiger partial charge on any atom is -0.367 e. The third-order valence-electron chi connectivity index (χ3n) is 3.45. The first-order valence-electron chi connectivity index (χ1n) is 6.76. The number of ether oxygens (including phenoxy) is 1. The van der Waals surface area contributed by atoms with Crippen LogP contribution in [0.1, 0.15) is 29.8 Å². The van der Waals surface area contributed by atoms with E-state index in [4.69, 9.17) is 10.5 Å². The van der Waals surface area contributed by atoms with Crippen molar-refractivity contribution in [3.05, 3.63) is 35.1 Å². The topological polar surface area (TPSA) is 55.6 Å². The molecule has 1 heterocycles. The van der Waals surface area contributed by atoms with Gasteiger partial charge < -0.3 is 15.4 Å². The molecule has 1 aliphatic rings. The predicted octanol–water partition coefficient (Wildman–Crippen LogP) is 1.71. The summed E-state index contributed by atoms with van der Waals surface area (Å²) in [4.78, 5) is 14.1. The Labute approximate surface area is 118 Å². The Morgan fingerprint density at radius 1 is 1.55 bits per heavy atom. The highest BCUT2D eigenvalue weighted by molar-refractivity contribution is 5.94. The lowest BCUT2D eigenvalue weighted by Crippen LogP contribution is -2.56. The van der Waals surface area contributed by atoms with Crippen molar-refractivity contribution in [2.45, 2.75) is 32.5 Å². The van der Waals surface area contributed by atoms with E-state index in [9.17, 15) is 9.18 Å². The van der Waals surface area contributed by atoms with E-state index in [0.717, 1.165) is 0 Å². The predicted molar refractivity (Wildman–Crippen MR) is 75.0 cm³/mol. The van der Waals surface area contributed by atoms with Gasteiger partial charge in [0.15, 0.2) is 0 Å². The van der Waals surface area contributed by atoms with Crippen LogP contribution in [0.3, 0.4) is 0 Å². The van der Waals surface area contributed by atoms with Gasteiger partial charge in [-0.1, -0.05) is 12.1 Å². The second-order valence-electron chi connectivity index (χ2n) is 5.86. The van der Waals surface area contributed by atoms with Crippen molar-refractivity contribution in [3.8, 4) is 0 Å². The molecule has 110 valence electrons. The van der Waals surface area contributed by atoms with E-state index < -0.39 is 11.4 Å². The van der Waals surface area contributed by atoms with Gasteiger partial charge in [-0.25, -0.2) is 4.39 Å². The molecule has 0 aliphatic carbocycles. The fourth-order valence-corrected chi connectivity index (χ4v) is 2.56. The average molecular weight is 280 g/mol. The number of morpholine rings is 1. The van der Waals surface area contributed by atoms with E-state index in [-0.39, 0.29) is 17.6 Å². The maximum atomic E-state index is 14.1. The van der Waals surface area contributed by atoms with Gasteiger partial charge in [0.25, 0.3) is 5.91 Å². The molecule has 4 nitrogen and oxygen atoms in total. The van der Waals surface area contributed by atoms with Gasteiger partial charge in [-0.05, 0) is 32.4 Å². The summed E-state index contributed by atoms with van der Waals surface area (Å²) < 4.78 is 19.9. The summed E-state index contributed by atoms with van der Waals surface area (Å²) in [5, 5.41) is 0. The van der Waals surface area contributed by atoms with Crippen molar-refractivity contribution < 1.29 is 13.9 Å². The molecular weight excluding hydrogens is 259 g/mol. The number of aryl methyl sites for hydroxylation is 1. The maximum Gasteiger partial charge on any atom is 0.257 e. The summed E-state index contributed by atoms with van der Waals surface area (Å²) in [6.07, 6.45) is -0.212. The number of carbonyl (C=O) groups is 1. The molecule has 1 amide bonds. The first-order chi connectivity index (χ1) is 9.34. The van der Waals surface area contributed by atoms with Crippen LogP contribution in [-0.2, 0) is 4.74 Å². The molecule has 1 aromatic rings. The molecular formula is C15H21FN2O2. The van der Waals surface area contributed by atoms with E-state index >= 15 is 0 Å². The number of carbonyl (C=O) groups excluding carboxylic acids is 1. The van der Waals surface area contributed by atoms with Gasteiger partial charge in [0, 0.05) is 19.6 Å². The van der Waals surface area contributed by atoms with Crippen molar-refractivity contribution in [2.24, 2.45) is 5.73 Å². The standard InChI is InChI=1S/C15H21FN2O2/c1-10-5-4-6-12(13(10)16)14(19)18-8-11(7-17)20-15(2,3)9-18/h4-6,11H,7-9,17H2,1-3H3. The summed E-state index contributed by atoms with van der Waals surface area (Å²) in [6.45, 7) is 6.62. The van der Waals surface area contributed by atoms with E-state index in [0.29, 0.717) is 25.2 Å². The second-order valence-corrected chi connectivity index (χ2v) is 5.86. The fourth-order valence-electron chi connectivity index (χ4n) is 2.56. The summed E-state index contributed by atoms with van der Waals surface area (Å²) in [5.41, 5.74) is 5.75. The smallest absolute Gasteiger partial charge is 0.257 e. The van der Waals surface area contributed by atoms with Crippen LogP contribution in [0, 0.1) is 12.7 Å². The summed E-state index contributed by atoms with van der Waals surface area (Å²) in [7, 11) is 0. The molecule has 2 rings (SSSR count). The molecule has 1 fully saturated rings. The summed E-state index contributed by atoms with van der Waals surface area (Å²) in [5.74, 6) is -0.757. The van der Waals surface area contributed by atoms with Crippen molar-refractivity contribution >= 4 is 5.91 Å². The lowest BCUT2D eigenvalue weighted by molar-refractivity contribution is -0.122. The molecule has 0 bridgehead atoms. The number of hydrogen-bond acceptors (Lipinski definition) is 3. The molecule has 0 saturated carbocycles. The maximum absolute atomic E-state index is 14.1. The zero-order chi connectivity index (χ0) is 14.9. The third-order valence-corrected chi connectivity index (χ3v) is 3.45. The zero-order valence-corrected chi connectivity index (χ0v) is 12.1. The van der Waals surface area contributed by atoms with E-state index in [2.05, 4.69) is 0 Å². The number of nitrogens with zero attached hydrogens (tertiary/aromatic N) is 1. The molecule has 0 aromatic heterocycles. The average Bonchev–Trinajstić information content (AvgIpc) is 2.39. The van der Waals surface area contributed by atoms with Crippen LogP contribution >= 0.6 is 0 Å².